The lowest BCUT2D eigenvalue weighted by atomic mass is 10.1. The Morgan fingerprint density at radius 3 is 2.56 bits per heavy atom. The zero-order valence-corrected chi connectivity index (χ0v) is 11.6. The third kappa shape index (κ3) is 1.57. The molecule has 1 unspecified atom stereocenters. The first-order chi connectivity index (χ1) is 8.59. The summed E-state index contributed by atoms with van der Waals surface area (Å²) in [5.74, 6) is 1.09. The SMILES string of the molecule is Cc1nc2c(C)c(C3CCCN3)oc2c(C)c1C. The van der Waals surface area contributed by atoms with Crippen LogP contribution in [-0.2, 0) is 0 Å². The molecule has 1 aliphatic rings. The Balaban J connectivity index is 2.24. The monoisotopic (exact) mass is 244 g/mol. The molecule has 0 amide bonds. The first-order valence-corrected chi connectivity index (χ1v) is 6.69. The van der Waals surface area contributed by atoms with E-state index in [-0.39, 0.29) is 0 Å². The quantitative estimate of drug-likeness (QED) is 0.834. The summed E-state index contributed by atoms with van der Waals surface area (Å²) < 4.78 is 6.12. The maximum absolute atomic E-state index is 6.12. The van der Waals surface area contributed by atoms with Gasteiger partial charge in [0.15, 0.2) is 5.58 Å². The van der Waals surface area contributed by atoms with Crippen LogP contribution in [0.25, 0.3) is 11.1 Å². The lowest BCUT2D eigenvalue weighted by molar-refractivity contribution is 0.466. The normalized spacial score (nSPS) is 19.9. The topological polar surface area (TPSA) is 38.1 Å². The smallest absolute Gasteiger partial charge is 0.156 e. The molecule has 0 radical (unpaired) electrons. The maximum atomic E-state index is 6.12. The van der Waals surface area contributed by atoms with Crippen molar-refractivity contribution in [3.05, 3.63) is 28.1 Å². The largest absolute Gasteiger partial charge is 0.457 e. The summed E-state index contributed by atoms with van der Waals surface area (Å²) in [6.45, 7) is 9.53. The molecule has 3 nitrogen and oxygen atoms in total. The second-order valence-corrected chi connectivity index (χ2v) is 5.37. The number of pyridine rings is 1. The molecule has 1 saturated heterocycles. The molecule has 0 saturated carbocycles. The van der Waals surface area contributed by atoms with Crippen LogP contribution in [0.5, 0.6) is 0 Å². The summed E-state index contributed by atoms with van der Waals surface area (Å²) in [4.78, 5) is 4.71. The van der Waals surface area contributed by atoms with Crippen molar-refractivity contribution in [1.82, 2.24) is 10.3 Å². The van der Waals surface area contributed by atoms with Crippen molar-refractivity contribution in [2.45, 2.75) is 46.6 Å². The van der Waals surface area contributed by atoms with Gasteiger partial charge >= 0.3 is 0 Å². The Labute approximate surface area is 108 Å². The van der Waals surface area contributed by atoms with Crippen LogP contribution in [-0.4, -0.2) is 11.5 Å². The van der Waals surface area contributed by atoms with Crippen LogP contribution in [0.1, 0.15) is 47.0 Å². The van der Waals surface area contributed by atoms with Gasteiger partial charge in [0.25, 0.3) is 0 Å². The minimum Gasteiger partial charge on any atom is -0.457 e. The number of nitrogens with zero attached hydrogens (tertiary/aromatic N) is 1. The first-order valence-electron chi connectivity index (χ1n) is 6.69. The molecule has 0 bridgehead atoms. The molecule has 3 heteroatoms. The van der Waals surface area contributed by atoms with Gasteiger partial charge in [0, 0.05) is 11.3 Å². The Hall–Kier alpha value is -1.35. The molecule has 3 rings (SSSR count). The zero-order valence-electron chi connectivity index (χ0n) is 11.6. The van der Waals surface area contributed by atoms with Crippen molar-refractivity contribution in [3.63, 3.8) is 0 Å². The van der Waals surface area contributed by atoms with E-state index in [1.807, 2.05) is 0 Å². The second-order valence-electron chi connectivity index (χ2n) is 5.37. The number of hydrogen-bond acceptors (Lipinski definition) is 3. The fraction of sp³-hybridized carbons (Fsp3) is 0.533. The van der Waals surface area contributed by atoms with Crippen LogP contribution in [0.15, 0.2) is 4.42 Å². The number of hydrogen-bond donors (Lipinski definition) is 1. The molecule has 1 atom stereocenters. The van der Waals surface area contributed by atoms with Crippen LogP contribution in [0.4, 0.5) is 0 Å². The number of nitrogens with one attached hydrogen (secondary N) is 1. The highest BCUT2D eigenvalue weighted by molar-refractivity contribution is 5.82. The van der Waals surface area contributed by atoms with Gasteiger partial charge in [-0.05, 0) is 58.2 Å². The van der Waals surface area contributed by atoms with E-state index in [0.29, 0.717) is 6.04 Å². The van der Waals surface area contributed by atoms with Crippen molar-refractivity contribution in [3.8, 4) is 0 Å². The van der Waals surface area contributed by atoms with Crippen LogP contribution in [0.3, 0.4) is 0 Å². The highest BCUT2D eigenvalue weighted by Crippen LogP contribution is 2.34. The predicted molar refractivity (Wildman–Crippen MR) is 72.9 cm³/mol. The minimum absolute atomic E-state index is 0.374. The number of fused-ring (bicyclic) bond motifs is 1. The van der Waals surface area contributed by atoms with Crippen LogP contribution < -0.4 is 5.32 Å². The summed E-state index contributed by atoms with van der Waals surface area (Å²) >= 11 is 0. The Morgan fingerprint density at radius 1 is 1.11 bits per heavy atom. The van der Waals surface area contributed by atoms with Gasteiger partial charge in [-0.3, -0.25) is 0 Å². The van der Waals surface area contributed by atoms with Crippen LogP contribution >= 0.6 is 0 Å². The van der Waals surface area contributed by atoms with E-state index in [4.69, 9.17) is 9.40 Å². The van der Waals surface area contributed by atoms with Gasteiger partial charge in [0.05, 0.1) is 6.04 Å². The fourth-order valence-corrected chi connectivity index (χ4v) is 2.84. The van der Waals surface area contributed by atoms with E-state index in [9.17, 15) is 0 Å². The van der Waals surface area contributed by atoms with Gasteiger partial charge in [-0.2, -0.15) is 0 Å². The molecule has 18 heavy (non-hydrogen) atoms. The molecule has 96 valence electrons. The van der Waals surface area contributed by atoms with Gasteiger partial charge in [0.1, 0.15) is 11.3 Å². The molecule has 1 fully saturated rings. The molecule has 2 aromatic rings. The molecular weight excluding hydrogens is 224 g/mol. The summed E-state index contributed by atoms with van der Waals surface area (Å²) in [6, 6.07) is 0.374. The van der Waals surface area contributed by atoms with Crippen LogP contribution in [0, 0.1) is 27.7 Å². The van der Waals surface area contributed by atoms with Crippen molar-refractivity contribution in [1.29, 1.82) is 0 Å². The van der Waals surface area contributed by atoms with E-state index in [2.05, 4.69) is 33.0 Å². The van der Waals surface area contributed by atoms with E-state index in [1.165, 1.54) is 23.1 Å². The number of furan rings is 1. The van der Waals surface area contributed by atoms with E-state index in [0.717, 1.165) is 35.5 Å². The second kappa shape index (κ2) is 4.09. The van der Waals surface area contributed by atoms with Gasteiger partial charge in [-0.15, -0.1) is 0 Å². The van der Waals surface area contributed by atoms with Crippen molar-refractivity contribution < 1.29 is 4.42 Å². The van der Waals surface area contributed by atoms with Gasteiger partial charge in [0.2, 0.25) is 0 Å². The Kier molecular flexibility index (Phi) is 2.67. The van der Waals surface area contributed by atoms with E-state index < -0.39 is 0 Å². The molecule has 1 N–H and O–H groups in total. The van der Waals surface area contributed by atoms with Crippen molar-refractivity contribution in [2.24, 2.45) is 0 Å². The standard InChI is InChI=1S/C15H20N2O/c1-8-9(2)15-13(17-11(8)4)10(3)14(18-15)12-6-5-7-16-12/h12,16H,5-7H2,1-4H3. The average molecular weight is 244 g/mol. The predicted octanol–water partition coefficient (Wildman–Crippen LogP) is 3.49. The van der Waals surface area contributed by atoms with Gasteiger partial charge in [-0.25, -0.2) is 4.98 Å². The lowest BCUT2D eigenvalue weighted by Crippen LogP contribution is -2.12. The Morgan fingerprint density at radius 2 is 1.89 bits per heavy atom. The molecule has 3 heterocycles. The summed E-state index contributed by atoms with van der Waals surface area (Å²) in [5.41, 5.74) is 6.79. The molecule has 0 aromatic carbocycles. The number of aromatic nitrogens is 1. The van der Waals surface area contributed by atoms with Crippen molar-refractivity contribution in [2.75, 3.05) is 6.54 Å². The highest BCUT2D eigenvalue weighted by Gasteiger charge is 2.25. The molecule has 0 aliphatic carbocycles. The maximum Gasteiger partial charge on any atom is 0.156 e. The first kappa shape index (κ1) is 11.7. The summed E-state index contributed by atoms with van der Waals surface area (Å²) in [6.07, 6.45) is 2.39. The minimum atomic E-state index is 0.374. The van der Waals surface area contributed by atoms with E-state index >= 15 is 0 Å². The van der Waals surface area contributed by atoms with E-state index in [1.54, 1.807) is 0 Å². The molecule has 2 aromatic heterocycles. The van der Waals surface area contributed by atoms with Gasteiger partial charge in [-0.1, -0.05) is 0 Å². The van der Waals surface area contributed by atoms with Crippen molar-refractivity contribution >= 4 is 11.1 Å². The third-order valence-corrected chi connectivity index (χ3v) is 4.25. The molecule has 0 spiro atoms. The molecule has 1 aliphatic heterocycles. The lowest BCUT2D eigenvalue weighted by Gasteiger charge is -2.06. The summed E-state index contributed by atoms with van der Waals surface area (Å²) in [7, 11) is 0. The number of rotatable bonds is 1. The highest BCUT2D eigenvalue weighted by atomic mass is 16.3. The third-order valence-electron chi connectivity index (χ3n) is 4.25. The fourth-order valence-electron chi connectivity index (χ4n) is 2.84. The average Bonchev–Trinajstić information content (AvgIpc) is 2.96. The number of aryl methyl sites for hydroxylation is 3. The molecular formula is C15H20N2O. The zero-order chi connectivity index (χ0) is 12.9. The Bertz CT molecular complexity index is 607. The summed E-state index contributed by atoms with van der Waals surface area (Å²) in [5, 5.41) is 3.50. The van der Waals surface area contributed by atoms with Crippen LogP contribution in [0.2, 0.25) is 0 Å². The van der Waals surface area contributed by atoms with Gasteiger partial charge < -0.3 is 9.73 Å².